The Hall–Kier alpha value is -1.42. The summed E-state index contributed by atoms with van der Waals surface area (Å²) in [5, 5.41) is 13.9. The fourth-order valence-electron chi connectivity index (χ4n) is 2.25. The summed E-state index contributed by atoms with van der Waals surface area (Å²) in [6.07, 6.45) is 3.29. The molecule has 0 aliphatic rings. The minimum Gasteiger partial charge on any atom is -0.316 e. The Bertz CT molecular complexity index is 376. The van der Waals surface area contributed by atoms with E-state index in [9.17, 15) is 10.1 Å². The van der Waals surface area contributed by atoms with Gasteiger partial charge in [-0.2, -0.15) is 0 Å². The van der Waals surface area contributed by atoms with E-state index < -0.39 is 0 Å². The van der Waals surface area contributed by atoms with Gasteiger partial charge in [0.1, 0.15) is 0 Å². The molecular formula is C14H22N2O2. The SMILES string of the molecule is CCCC(C)C(Cc1ccc([N+](=O)[O-])cc1)NC. The lowest BCUT2D eigenvalue weighted by atomic mass is 9.91. The van der Waals surface area contributed by atoms with E-state index in [4.69, 9.17) is 0 Å². The number of nitro benzene ring substituents is 1. The zero-order chi connectivity index (χ0) is 13.5. The number of hydrogen-bond acceptors (Lipinski definition) is 3. The van der Waals surface area contributed by atoms with Crippen molar-refractivity contribution in [3.8, 4) is 0 Å². The normalized spacial score (nSPS) is 14.2. The van der Waals surface area contributed by atoms with Crippen LogP contribution in [0.2, 0.25) is 0 Å². The molecule has 18 heavy (non-hydrogen) atoms. The number of likely N-dealkylation sites (N-methyl/N-ethyl adjacent to an activating group) is 1. The summed E-state index contributed by atoms with van der Waals surface area (Å²) in [5.41, 5.74) is 1.30. The predicted molar refractivity (Wildman–Crippen MR) is 73.7 cm³/mol. The molecule has 2 atom stereocenters. The maximum Gasteiger partial charge on any atom is 0.269 e. The van der Waals surface area contributed by atoms with Crippen LogP contribution in [0.1, 0.15) is 32.3 Å². The molecule has 1 aromatic carbocycles. The Morgan fingerprint density at radius 2 is 1.94 bits per heavy atom. The maximum atomic E-state index is 10.6. The molecule has 0 aromatic heterocycles. The molecule has 2 unspecified atom stereocenters. The lowest BCUT2D eigenvalue weighted by Gasteiger charge is -2.23. The second kappa shape index (κ2) is 7.11. The molecule has 0 aliphatic heterocycles. The van der Waals surface area contributed by atoms with Gasteiger partial charge in [0.2, 0.25) is 0 Å². The van der Waals surface area contributed by atoms with Crippen molar-refractivity contribution in [3.63, 3.8) is 0 Å². The molecular weight excluding hydrogens is 228 g/mol. The number of nitrogens with one attached hydrogen (secondary N) is 1. The average molecular weight is 250 g/mol. The average Bonchev–Trinajstić information content (AvgIpc) is 2.36. The Kier molecular flexibility index (Phi) is 5.78. The number of benzene rings is 1. The summed E-state index contributed by atoms with van der Waals surface area (Å²) < 4.78 is 0. The van der Waals surface area contributed by atoms with E-state index in [1.54, 1.807) is 12.1 Å². The standard InChI is InChI=1S/C14H22N2O2/c1-4-5-11(2)14(15-3)10-12-6-8-13(9-7-12)16(17)18/h6-9,11,14-15H,4-5,10H2,1-3H3. The van der Waals surface area contributed by atoms with E-state index in [1.807, 2.05) is 19.2 Å². The maximum absolute atomic E-state index is 10.6. The molecule has 0 aliphatic carbocycles. The molecule has 100 valence electrons. The first-order valence-electron chi connectivity index (χ1n) is 6.49. The predicted octanol–water partition coefficient (Wildman–Crippen LogP) is 3.16. The Morgan fingerprint density at radius 3 is 2.39 bits per heavy atom. The van der Waals surface area contributed by atoms with E-state index in [1.165, 1.54) is 12.8 Å². The highest BCUT2D eigenvalue weighted by Gasteiger charge is 2.15. The largest absolute Gasteiger partial charge is 0.316 e. The van der Waals surface area contributed by atoms with Crippen molar-refractivity contribution in [2.45, 2.75) is 39.2 Å². The van der Waals surface area contributed by atoms with Gasteiger partial charge in [-0.05, 0) is 31.4 Å². The van der Waals surface area contributed by atoms with Crippen LogP contribution in [-0.2, 0) is 6.42 Å². The molecule has 0 fully saturated rings. The first kappa shape index (κ1) is 14.6. The van der Waals surface area contributed by atoms with Crippen molar-refractivity contribution in [1.82, 2.24) is 5.32 Å². The van der Waals surface area contributed by atoms with E-state index in [0.29, 0.717) is 12.0 Å². The highest BCUT2D eigenvalue weighted by Crippen LogP contribution is 2.17. The minimum absolute atomic E-state index is 0.154. The van der Waals surface area contributed by atoms with Crippen LogP contribution in [0.4, 0.5) is 5.69 Å². The molecule has 4 nitrogen and oxygen atoms in total. The van der Waals surface area contributed by atoms with Gasteiger partial charge in [-0.3, -0.25) is 10.1 Å². The van der Waals surface area contributed by atoms with E-state index in [0.717, 1.165) is 12.0 Å². The molecule has 0 bridgehead atoms. The van der Waals surface area contributed by atoms with Crippen molar-refractivity contribution in [2.24, 2.45) is 5.92 Å². The minimum atomic E-state index is -0.362. The smallest absolute Gasteiger partial charge is 0.269 e. The zero-order valence-corrected chi connectivity index (χ0v) is 11.3. The summed E-state index contributed by atoms with van der Waals surface area (Å²) in [7, 11) is 1.97. The first-order chi connectivity index (χ1) is 8.58. The lowest BCUT2D eigenvalue weighted by molar-refractivity contribution is -0.384. The van der Waals surface area contributed by atoms with Crippen molar-refractivity contribution < 1.29 is 4.92 Å². The van der Waals surface area contributed by atoms with Crippen LogP contribution in [0, 0.1) is 16.0 Å². The summed E-state index contributed by atoms with van der Waals surface area (Å²) in [6, 6.07) is 7.27. The molecule has 0 heterocycles. The summed E-state index contributed by atoms with van der Waals surface area (Å²) in [4.78, 5) is 10.2. The first-order valence-corrected chi connectivity index (χ1v) is 6.49. The Morgan fingerprint density at radius 1 is 1.33 bits per heavy atom. The van der Waals surface area contributed by atoms with Gasteiger partial charge in [0.15, 0.2) is 0 Å². The summed E-state index contributed by atoms with van der Waals surface area (Å²) >= 11 is 0. The van der Waals surface area contributed by atoms with Crippen LogP contribution in [0.5, 0.6) is 0 Å². The number of non-ortho nitro benzene ring substituents is 1. The van der Waals surface area contributed by atoms with E-state index in [-0.39, 0.29) is 10.6 Å². The van der Waals surface area contributed by atoms with Gasteiger partial charge < -0.3 is 5.32 Å². The van der Waals surface area contributed by atoms with Gasteiger partial charge in [0.25, 0.3) is 5.69 Å². The van der Waals surface area contributed by atoms with Gasteiger partial charge in [-0.25, -0.2) is 0 Å². The number of nitro groups is 1. The molecule has 1 rings (SSSR count). The van der Waals surface area contributed by atoms with Crippen LogP contribution < -0.4 is 5.32 Å². The van der Waals surface area contributed by atoms with Gasteiger partial charge in [0.05, 0.1) is 4.92 Å². The van der Waals surface area contributed by atoms with Crippen LogP contribution >= 0.6 is 0 Å². The highest BCUT2D eigenvalue weighted by atomic mass is 16.6. The number of nitrogens with zero attached hydrogens (tertiary/aromatic N) is 1. The Labute approximate surface area is 109 Å². The van der Waals surface area contributed by atoms with Crippen molar-refractivity contribution >= 4 is 5.69 Å². The molecule has 0 saturated carbocycles. The molecule has 0 saturated heterocycles. The van der Waals surface area contributed by atoms with Crippen LogP contribution in [0.15, 0.2) is 24.3 Å². The third-order valence-electron chi connectivity index (χ3n) is 3.40. The number of rotatable bonds is 7. The monoisotopic (exact) mass is 250 g/mol. The Balaban J connectivity index is 2.67. The topological polar surface area (TPSA) is 55.2 Å². The van der Waals surface area contributed by atoms with Crippen LogP contribution in [0.3, 0.4) is 0 Å². The fourth-order valence-corrected chi connectivity index (χ4v) is 2.25. The van der Waals surface area contributed by atoms with Crippen molar-refractivity contribution in [2.75, 3.05) is 7.05 Å². The third-order valence-corrected chi connectivity index (χ3v) is 3.40. The molecule has 0 spiro atoms. The second-order valence-corrected chi connectivity index (χ2v) is 4.79. The zero-order valence-electron chi connectivity index (χ0n) is 11.3. The second-order valence-electron chi connectivity index (χ2n) is 4.79. The van der Waals surface area contributed by atoms with Crippen LogP contribution in [0.25, 0.3) is 0 Å². The quantitative estimate of drug-likeness (QED) is 0.597. The lowest BCUT2D eigenvalue weighted by Crippen LogP contribution is -2.34. The highest BCUT2D eigenvalue weighted by molar-refractivity contribution is 5.33. The van der Waals surface area contributed by atoms with Gasteiger partial charge in [-0.1, -0.05) is 32.4 Å². The number of hydrogen-bond donors (Lipinski definition) is 1. The van der Waals surface area contributed by atoms with Gasteiger partial charge >= 0.3 is 0 Å². The summed E-state index contributed by atoms with van der Waals surface area (Å²) in [5.74, 6) is 0.607. The molecule has 0 radical (unpaired) electrons. The molecule has 4 heteroatoms. The molecule has 1 aromatic rings. The van der Waals surface area contributed by atoms with Crippen molar-refractivity contribution in [3.05, 3.63) is 39.9 Å². The third kappa shape index (κ3) is 4.11. The van der Waals surface area contributed by atoms with E-state index >= 15 is 0 Å². The van der Waals surface area contributed by atoms with Crippen molar-refractivity contribution in [1.29, 1.82) is 0 Å². The van der Waals surface area contributed by atoms with Gasteiger partial charge in [-0.15, -0.1) is 0 Å². The summed E-state index contributed by atoms with van der Waals surface area (Å²) in [6.45, 7) is 4.44. The molecule has 1 N–H and O–H groups in total. The van der Waals surface area contributed by atoms with Gasteiger partial charge in [0, 0.05) is 18.2 Å². The molecule has 0 amide bonds. The fraction of sp³-hybridized carbons (Fsp3) is 0.571. The van der Waals surface area contributed by atoms with Crippen LogP contribution in [-0.4, -0.2) is 18.0 Å². The van der Waals surface area contributed by atoms with E-state index in [2.05, 4.69) is 19.2 Å².